The van der Waals surface area contributed by atoms with Gasteiger partial charge in [-0.15, -0.1) is 0 Å². The van der Waals surface area contributed by atoms with Gasteiger partial charge in [0.25, 0.3) is 0 Å². The van der Waals surface area contributed by atoms with E-state index in [0.717, 1.165) is 13.0 Å². The third kappa shape index (κ3) is 3.78. The molecule has 2 rings (SSSR count). The molecule has 1 saturated heterocycles. The van der Waals surface area contributed by atoms with E-state index in [0.29, 0.717) is 22.6 Å². The van der Waals surface area contributed by atoms with Crippen molar-refractivity contribution in [3.8, 4) is 0 Å². The van der Waals surface area contributed by atoms with Crippen LogP contribution in [0.15, 0.2) is 24.3 Å². The number of thioether (sulfide) groups is 1. The largest absolute Gasteiger partial charge is 0.377 e. The minimum atomic E-state index is 0.391. The molecule has 4 unspecified atom stereocenters. The van der Waals surface area contributed by atoms with Gasteiger partial charge in [-0.05, 0) is 37.9 Å². The summed E-state index contributed by atoms with van der Waals surface area (Å²) in [4.78, 5) is 0. The maximum atomic E-state index is 5.67. The highest BCUT2D eigenvalue weighted by atomic mass is 32.2. The number of aryl methyl sites for hydroxylation is 1. The molecule has 1 N–H and O–H groups in total. The van der Waals surface area contributed by atoms with Gasteiger partial charge in [0.15, 0.2) is 0 Å². The smallest absolute Gasteiger partial charge is 0.0666 e. The van der Waals surface area contributed by atoms with Gasteiger partial charge >= 0.3 is 0 Å². The fraction of sp³-hybridized carbons (Fsp3) is 0.647. The van der Waals surface area contributed by atoms with Crippen molar-refractivity contribution in [1.82, 2.24) is 5.32 Å². The van der Waals surface area contributed by atoms with E-state index in [1.54, 1.807) is 0 Å². The average molecular weight is 293 g/mol. The van der Waals surface area contributed by atoms with E-state index < -0.39 is 0 Å². The molecular formula is C17H27NOS. The molecule has 1 heterocycles. The van der Waals surface area contributed by atoms with E-state index in [9.17, 15) is 0 Å². The second kappa shape index (κ2) is 7.48. The van der Waals surface area contributed by atoms with Gasteiger partial charge in [0.1, 0.15) is 0 Å². The zero-order chi connectivity index (χ0) is 14.5. The molecule has 3 heteroatoms. The van der Waals surface area contributed by atoms with Crippen molar-refractivity contribution in [2.45, 2.75) is 56.3 Å². The van der Waals surface area contributed by atoms with Crippen molar-refractivity contribution in [2.75, 3.05) is 13.7 Å². The summed E-state index contributed by atoms with van der Waals surface area (Å²) in [5.41, 5.74) is 2.79. The lowest BCUT2D eigenvalue weighted by molar-refractivity contribution is 0.127. The summed E-state index contributed by atoms with van der Waals surface area (Å²) in [6.45, 7) is 7.64. The van der Waals surface area contributed by atoms with E-state index in [-0.39, 0.29) is 0 Å². The standard InChI is InChI=1S/C17H27NOS/c1-5-14-6-8-15(9-7-14)17(18-4)13(3)20-16-10-11-19-12(16)2/h6-9,12-13,16-18H,5,10-11H2,1-4H3. The number of hydrogen-bond acceptors (Lipinski definition) is 3. The van der Waals surface area contributed by atoms with Gasteiger partial charge in [-0.25, -0.2) is 0 Å². The number of ether oxygens (including phenoxy) is 1. The minimum absolute atomic E-state index is 0.391. The van der Waals surface area contributed by atoms with Gasteiger partial charge < -0.3 is 10.1 Å². The van der Waals surface area contributed by atoms with Crippen LogP contribution in [0, 0.1) is 0 Å². The summed E-state index contributed by atoms with van der Waals surface area (Å²) >= 11 is 2.07. The number of hydrogen-bond donors (Lipinski definition) is 1. The lowest BCUT2D eigenvalue weighted by Gasteiger charge is -2.27. The molecule has 20 heavy (non-hydrogen) atoms. The predicted molar refractivity (Wildman–Crippen MR) is 88.5 cm³/mol. The molecule has 4 atom stereocenters. The highest BCUT2D eigenvalue weighted by molar-refractivity contribution is 8.00. The minimum Gasteiger partial charge on any atom is -0.377 e. The fourth-order valence-electron chi connectivity index (χ4n) is 2.88. The molecule has 0 aliphatic carbocycles. The van der Waals surface area contributed by atoms with Gasteiger partial charge in [0.05, 0.1) is 6.10 Å². The highest BCUT2D eigenvalue weighted by Gasteiger charge is 2.29. The molecule has 1 aromatic carbocycles. The molecule has 0 bridgehead atoms. The van der Waals surface area contributed by atoms with Crippen LogP contribution in [-0.4, -0.2) is 30.3 Å². The second-order valence-corrected chi connectivity index (χ2v) is 7.23. The predicted octanol–water partition coefficient (Wildman–Crippen LogP) is 3.81. The van der Waals surface area contributed by atoms with Crippen molar-refractivity contribution < 1.29 is 4.74 Å². The summed E-state index contributed by atoms with van der Waals surface area (Å²) < 4.78 is 5.67. The molecule has 0 aromatic heterocycles. The molecule has 1 aromatic rings. The first-order valence-electron chi connectivity index (χ1n) is 7.68. The molecular weight excluding hydrogens is 266 g/mol. The average Bonchev–Trinajstić information content (AvgIpc) is 2.86. The van der Waals surface area contributed by atoms with Crippen molar-refractivity contribution in [1.29, 1.82) is 0 Å². The molecule has 1 aliphatic heterocycles. The second-order valence-electron chi connectivity index (χ2n) is 5.61. The molecule has 112 valence electrons. The number of rotatable bonds is 6. The van der Waals surface area contributed by atoms with E-state index in [1.165, 1.54) is 17.5 Å². The Labute approximate surface area is 127 Å². The first-order valence-corrected chi connectivity index (χ1v) is 8.63. The fourth-order valence-corrected chi connectivity index (χ4v) is 4.41. The molecule has 0 saturated carbocycles. The maximum Gasteiger partial charge on any atom is 0.0666 e. The SMILES string of the molecule is CCc1ccc(C(NC)C(C)SC2CCOC2C)cc1. The summed E-state index contributed by atoms with van der Waals surface area (Å²) in [7, 11) is 2.06. The van der Waals surface area contributed by atoms with Gasteiger partial charge in [0.2, 0.25) is 0 Å². The first-order chi connectivity index (χ1) is 9.65. The van der Waals surface area contributed by atoms with Gasteiger partial charge in [-0.2, -0.15) is 11.8 Å². The van der Waals surface area contributed by atoms with E-state index in [4.69, 9.17) is 4.74 Å². The van der Waals surface area contributed by atoms with Crippen LogP contribution >= 0.6 is 11.8 Å². The van der Waals surface area contributed by atoms with Crippen molar-refractivity contribution >= 4 is 11.8 Å². The summed E-state index contributed by atoms with van der Waals surface area (Å²) in [5, 5.41) is 4.66. The Morgan fingerprint density at radius 1 is 1.35 bits per heavy atom. The lowest BCUT2D eigenvalue weighted by Crippen LogP contribution is -2.28. The zero-order valence-corrected chi connectivity index (χ0v) is 13.9. The van der Waals surface area contributed by atoms with Crippen LogP contribution in [-0.2, 0) is 11.2 Å². The molecule has 2 nitrogen and oxygen atoms in total. The summed E-state index contributed by atoms with van der Waals surface area (Å²) in [6.07, 6.45) is 2.68. The van der Waals surface area contributed by atoms with Gasteiger partial charge in [0, 0.05) is 23.1 Å². The van der Waals surface area contributed by atoms with E-state index in [2.05, 4.69) is 69.2 Å². The van der Waals surface area contributed by atoms with Crippen LogP contribution in [0.3, 0.4) is 0 Å². The highest BCUT2D eigenvalue weighted by Crippen LogP contribution is 2.35. The van der Waals surface area contributed by atoms with Crippen LogP contribution < -0.4 is 5.32 Å². The Morgan fingerprint density at radius 2 is 2.05 bits per heavy atom. The third-order valence-electron chi connectivity index (χ3n) is 4.22. The quantitative estimate of drug-likeness (QED) is 0.862. The molecule has 1 fully saturated rings. The van der Waals surface area contributed by atoms with Crippen LogP contribution in [0.1, 0.15) is 44.4 Å². The monoisotopic (exact) mass is 293 g/mol. The van der Waals surface area contributed by atoms with E-state index in [1.807, 2.05) is 0 Å². The van der Waals surface area contributed by atoms with Crippen molar-refractivity contribution in [2.24, 2.45) is 0 Å². The topological polar surface area (TPSA) is 21.3 Å². The van der Waals surface area contributed by atoms with Crippen LogP contribution in [0.2, 0.25) is 0 Å². The Morgan fingerprint density at radius 3 is 2.55 bits per heavy atom. The molecule has 0 amide bonds. The van der Waals surface area contributed by atoms with E-state index >= 15 is 0 Å². The Bertz CT molecular complexity index is 406. The van der Waals surface area contributed by atoms with Crippen LogP contribution in [0.4, 0.5) is 0 Å². The maximum absolute atomic E-state index is 5.67. The molecule has 0 spiro atoms. The Kier molecular flexibility index (Phi) is 5.94. The third-order valence-corrected chi connectivity index (χ3v) is 5.89. The molecule has 0 radical (unpaired) electrons. The van der Waals surface area contributed by atoms with Crippen molar-refractivity contribution in [3.63, 3.8) is 0 Å². The van der Waals surface area contributed by atoms with Crippen LogP contribution in [0.25, 0.3) is 0 Å². The lowest BCUT2D eigenvalue weighted by atomic mass is 10.0. The molecule has 1 aliphatic rings. The first kappa shape index (κ1) is 15.9. The van der Waals surface area contributed by atoms with Crippen molar-refractivity contribution in [3.05, 3.63) is 35.4 Å². The number of benzene rings is 1. The number of nitrogens with one attached hydrogen (secondary N) is 1. The summed E-state index contributed by atoms with van der Waals surface area (Å²) in [6, 6.07) is 9.44. The van der Waals surface area contributed by atoms with Gasteiger partial charge in [-0.3, -0.25) is 0 Å². The zero-order valence-electron chi connectivity index (χ0n) is 13.1. The Balaban J connectivity index is 2.02. The van der Waals surface area contributed by atoms with Crippen LogP contribution in [0.5, 0.6) is 0 Å². The van der Waals surface area contributed by atoms with Gasteiger partial charge in [-0.1, -0.05) is 38.1 Å². The normalized spacial score (nSPS) is 25.6. The summed E-state index contributed by atoms with van der Waals surface area (Å²) in [5.74, 6) is 0. The Hall–Kier alpha value is -0.510.